The third-order valence-corrected chi connectivity index (χ3v) is 6.66. The van der Waals surface area contributed by atoms with E-state index in [1.807, 2.05) is 26.0 Å². The van der Waals surface area contributed by atoms with E-state index in [4.69, 9.17) is 4.74 Å². The zero-order chi connectivity index (χ0) is 22.6. The largest absolute Gasteiger partial charge is 0.454 e. The maximum absolute atomic E-state index is 12.9. The highest BCUT2D eigenvalue weighted by Gasteiger charge is 2.23. The van der Waals surface area contributed by atoms with Gasteiger partial charge in [0.1, 0.15) is 0 Å². The molecule has 0 aliphatic heterocycles. The Hall–Kier alpha value is -3.45. The molecule has 0 atom stereocenters. The number of benzene rings is 3. The lowest BCUT2D eigenvalue weighted by Crippen LogP contribution is -2.26. The van der Waals surface area contributed by atoms with Gasteiger partial charge in [-0.2, -0.15) is 0 Å². The molecule has 7 heteroatoms. The maximum atomic E-state index is 12.9. The third kappa shape index (κ3) is 5.00. The summed E-state index contributed by atoms with van der Waals surface area (Å²) < 4.78 is 32.2. The number of carbonyl (C=O) groups is 2. The fraction of sp³-hybridized carbons (Fsp3) is 0.167. The normalized spacial score (nSPS) is 11.1. The molecule has 3 aromatic rings. The molecular formula is C24H23NO5S. The fourth-order valence-corrected chi connectivity index (χ4v) is 4.29. The van der Waals surface area contributed by atoms with Crippen LogP contribution in [0.4, 0.5) is 5.69 Å². The van der Waals surface area contributed by atoms with Crippen molar-refractivity contribution in [1.82, 2.24) is 0 Å². The van der Waals surface area contributed by atoms with E-state index in [2.05, 4.69) is 0 Å². The molecule has 0 aliphatic rings. The molecule has 0 amide bonds. The van der Waals surface area contributed by atoms with Crippen LogP contribution in [-0.4, -0.2) is 33.8 Å². The second-order valence-electron chi connectivity index (χ2n) is 7.15. The summed E-state index contributed by atoms with van der Waals surface area (Å²) in [5.41, 5.74) is 2.77. The lowest BCUT2D eigenvalue weighted by atomic mass is 10.0. The molecule has 31 heavy (non-hydrogen) atoms. The predicted molar refractivity (Wildman–Crippen MR) is 119 cm³/mol. The minimum absolute atomic E-state index is 0.0471. The van der Waals surface area contributed by atoms with Crippen molar-refractivity contribution in [2.75, 3.05) is 18.0 Å². The minimum atomic E-state index is -3.87. The van der Waals surface area contributed by atoms with Crippen molar-refractivity contribution >= 4 is 27.5 Å². The molecule has 6 nitrogen and oxygen atoms in total. The van der Waals surface area contributed by atoms with Crippen molar-refractivity contribution in [2.24, 2.45) is 0 Å². The zero-order valence-corrected chi connectivity index (χ0v) is 18.3. The second-order valence-corrected chi connectivity index (χ2v) is 9.12. The summed E-state index contributed by atoms with van der Waals surface area (Å²) in [6, 6.07) is 19.7. The van der Waals surface area contributed by atoms with Gasteiger partial charge in [-0.25, -0.2) is 13.2 Å². The van der Waals surface area contributed by atoms with Crippen LogP contribution in [0.3, 0.4) is 0 Å². The standard InChI is InChI=1S/C24H23NO5S/c1-17-12-13-18(2)22(14-17)23(26)16-30-24(27)19-8-7-11-21(15-19)31(28,29)25(3)20-9-5-4-6-10-20/h4-15H,16H2,1-3H3. The fourth-order valence-electron chi connectivity index (χ4n) is 3.05. The van der Waals surface area contributed by atoms with Crippen molar-refractivity contribution in [3.63, 3.8) is 0 Å². The van der Waals surface area contributed by atoms with Crippen LogP contribution < -0.4 is 4.31 Å². The Labute approximate surface area is 182 Å². The van der Waals surface area contributed by atoms with Gasteiger partial charge in [-0.1, -0.05) is 42.0 Å². The number of ether oxygens (including phenoxy) is 1. The van der Waals surface area contributed by atoms with E-state index >= 15 is 0 Å². The smallest absolute Gasteiger partial charge is 0.338 e. The van der Waals surface area contributed by atoms with Gasteiger partial charge in [-0.15, -0.1) is 0 Å². The van der Waals surface area contributed by atoms with E-state index in [9.17, 15) is 18.0 Å². The second kappa shape index (κ2) is 9.14. The lowest BCUT2D eigenvalue weighted by Gasteiger charge is -2.19. The lowest BCUT2D eigenvalue weighted by molar-refractivity contribution is 0.0474. The Morgan fingerprint density at radius 3 is 2.32 bits per heavy atom. The molecule has 0 aromatic heterocycles. The monoisotopic (exact) mass is 437 g/mol. The van der Waals surface area contributed by atoms with Gasteiger partial charge in [-0.3, -0.25) is 9.10 Å². The van der Waals surface area contributed by atoms with Crippen LogP contribution in [0.25, 0.3) is 0 Å². The molecule has 0 spiro atoms. The number of rotatable bonds is 7. The number of aryl methyl sites for hydroxylation is 2. The van der Waals surface area contributed by atoms with Crippen LogP contribution in [0.5, 0.6) is 0 Å². The molecule has 160 valence electrons. The summed E-state index contributed by atoms with van der Waals surface area (Å²) in [5, 5.41) is 0. The van der Waals surface area contributed by atoms with E-state index in [0.29, 0.717) is 11.3 Å². The predicted octanol–water partition coefficient (Wildman–Crippen LogP) is 4.17. The highest BCUT2D eigenvalue weighted by atomic mass is 32.2. The highest BCUT2D eigenvalue weighted by Crippen LogP contribution is 2.22. The van der Waals surface area contributed by atoms with Gasteiger partial charge < -0.3 is 4.74 Å². The van der Waals surface area contributed by atoms with E-state index in [1.54, 1.807) is 36.4 Å². The molecule has 3 aromatic carbocycles. The number of Topliss-reactive ketones (excluding diaryl/α,β-unsaturated/α-hetero) is 1. The number of hydrogen-bond donors (Lipinski definition) is 0. The van der Waals surface area contributed by atoms with Gasteiger partial charge in [0, 0.05) is 12.6 Å². The van der Waals surface area contributed by atoms with Crippen LogP contribution in [-0.2, 0) is 14.8 Å². The van der Waals surface area contributed by atoms with Gasteiger partial charge in [0.2, 0.25) is 5.78 Å². The Morgan fingerprint density at radius 1 is 0.903 bits per heavy atom. The van der Waals surface area contributed by atoms with Crippen molar-refractivity contribution in [3.05, 3.63) is 95.1 Å². The summed E-state index contributed by atoms with van der Waals surface area (Å²) in [5.74, 6) is -1.08. The van der Waals surface area contributed by atoms with Crippen LogP contribution in [0, 0.1) is 13.8 Å². The first-order chi connectivity index (χ1) is 14.7. The zero-order valence-electron chi connectivity index (χ0n) is 17.5. The van der Waals surface area contributed by atoms with Crippen LogP contribution >= 0.6 is 0 Å². The summed E-state index contributed by atoms with van der Waals surface area (Å²) in [6.45, 7) is 3.26. The molecule has 0 saturated carbocycles. The number of ketones is 1. The first-order valence-corrected chi connectivity index (χ1v) is 11.1. The average molecular weight is 438 g/mol. The van der Waals surface area contributed by atoms with Crippen molar-refractivity contribution in [1.29, 1.82) is 0 Å². The molecule has 0 saturated heterocycles. The summed E-state index contributed by atoms with van der Waals surface area (Å²) in [7, 11) is -2.43. The molecule has 0 N–H and O–H groups in total. The molecule has 0 fully saturated rings. The SMILES string of the molecule is Cc1ccc(C)c(C(=O)COC(=O)c2cccc(S(=O)(=O)N(C)c3ccccc3)c2)c1. The number of anilines is 1. The molecule has 0 unspecified atom stereocenters. The average Bonchev–Trinajstić information content (AvgIpc) is 2.78. The maximum Gasteiger partial charge on any atom is 0.338 e. The summed E-state index contributed by atoms with van der Waals surface area (Å²) in [6.07, 6.45) is 0. The quantitative estimate of drug-likeness (QED) is 0.409. The summed E-state index contributed by atoms with van der Waals surface area (Å²) in [4.78, 5) is 24.9. The van der Waals surface area contributed by atoms with E-state index in [1.165, 1.54) is 31.3 Å². The topological polar surface area (TPSA) is 80.8 Å². The van der Waals surface area contributed by atoms with Gasteiger partial charge in [0.15, 0.2) is 6.61 Å². The number of sulfonamides is 1. The molecule has 0 radical (unpaired) electrons. The Morgan fingerprint density at radius 2 is 1.61 bits per heavy atom. The Balaban J connectivity index is 1.76. The number of esters is 1. The number of para-hydroxylation sites is 1. The molecule has 0 bridgehead atoms. The molecule has 0 aliphatic carbocycles. The van der Waals surface area contributed by atoms with Crippen molar-refractivity contribution in [2.45, 2.75) is 18.7 Å². The van der Waals surface area contributed by atoms with Crippen molar-refractivity contribution in [3.8, 4) is 0 Å². The van der Waals surface area contributed by atoms with E-state index in [-0.39, 0.29) is 16.2 Å². The first kappa shape index (κ1) is 22.2. The van der Waals surface area contributed by atoms with Crippen LogP contribution in [0.1, 0.15) is 31.8 Å². The van der Waals surface area contributed by atoms with Crippen LogP contribution in [0.2, 0.25) is 0 Å². The first-order valence-electron chi connectivity index (χ1n) is 9.62. The molecule has 0 heterocycles. The van der Waals surface area contributed by atoms with Crippen molar-refractivity contribution < 1.29 is 22.7 Å². The third-order valence-electron chi connectivity index (χ3n) is 4.88. The van der Waals surface area contributed by atoms with Gasteiger partial charge in [0.25, 0.3) is 10.0 Å². The van der Waals surface area contributed by atoms with Gasteiger partial charge in [0.05, 0.1) is 16.1 Å². The summed E-state index contributed by atoms with van der Waals surface area (Å²) >= 11 is 0. The number of nitrogens with zero attached hydrogens (tertiary/aromatic N) is 1. The Kier molecular flexibility index (Phi) is 6.56. The minimum Gasteiger partial charge on any atom is -0.454 e. The van der Waals surface area contributed by atoms with Crippen LogP contribution in [0.15, 0.2) is 77.7 Å². The number of hydrogen-bond acceptors (Lipinski definition) is 5. The molecule has 3 rings (SSSR count). The van der Waals surface area contributed by atoms with E-state index in [0.717, 1.165) is 15.4 Å². The molecular weight excluding hydrogens is 414 g/mol. The highest BCUT2D eigenvalue weighted by molar-refractivity contribution is 7.92. The Bertz CT molecular complexity index is 1220. The van der Waals surface area contributed by atoms with Gasteiger partial charge >= 0.3 is 5.97 Å². The van der Waals surface area contributed by atoms with Gasteiger partial charge in [-0.05, 0) is 55.8 Å². The van der Waals surface area contributed by atoms with E-state index < -0.39 is 22.6 Å². The number of carbonyl (C=O) groups excluding carboxylic acids is 2.